The fourth-order valence-corrected chi connectivity index (χ4v) is 2.69. The normalized spacial score (nSPS) is 16.0. The van der Waals surface area contributed by atoms with Gasteiger partial charge in [0.25, 0.3) is 0 Å². The monoisotopic (exact) mass is 307 g/mol. The average Bonchev–Trinajstić information content (AvgIpc) is 3.25. The van der Waals surface area contributed by atoms with Crippen LogP contribution in [0.15, 0.2) is 72.3 Å². The summed E-state index contributed by atoms with van der Waals surface area (Å²) in [7, 11) is 0. The number of pyridine rings is 2. The van der Waals surface area contributed by atoms with Crippen LogP contribution in [0, 0.1) is 0 Å². The zero-order valence-corrected chi connectivity index (χ0v) is 13.6. The molecule has 23 heavy (non-hydrogen) atoms. The minimum atomic E-state index is 0.821. The van der Waals surface area contributed by atoms with Crippen molar-refractivity contribution in [3.63, 3.8) is 0 Å². The van der Waals surface area contributed by atoms with E-state index in [2.05, 4.69) is 27.1 Å². The summed E-state index contributed by atoms with van der Waals surface area (Å²) in [6, 6.07) is 10.0. The molecule has 0 aromatic carbocycles. The van der Waals surface area contributed by atoms with Gasteiger partial charge in [0, 0.05) is 31.0 Å². The second kappa shape index (κ2) is 11.3. The molecule has 3 heteroatoms. The van der Waals surface area contributed by atoms with Gasteiger partial charge in [-0.1, -0.05) is 31.4 Å². The summed E-state index contributed by atoms with van der Waals surface area (Å²) in [6.45, 7) is 0.889. The maximum absolute atomic E-state index is 4.04. The molecular formula is C20H25N3. The number of rotatable bonds is 1. The summed E-state index contributed by atoms with van der Waals surface area (Å²) in [5.41, 5.74) is 1.49. The minimum absolute atomic E-state index is 0.821. The third-order valence-electron chi connectivity index (χ3n) is 3.89. The summed E-state index contributed by atoms with van der Waals surface area (Å²) in [6.07, 6.45) is 20.1. The fraction of sp³-hybridized carbons (Fsp3) is 0.350. The van der Waals surface area contributed by atoms with Gasteiger partial charge in [-0.3, -0.25) is 15.0 Å². The second-order valence-electron chi connectivity index (χ2n) is 5.58. The van der Waals surface area contributed by atoms with Crippen molar-refractivity contribution in [1.82, 2.24) is 9.97 Å². The summed E-state index contributed by atoms with van der Waals surface area (Å²) < 4.78 is 0. The number of aromatic nitrogens is 2. The molecular weight excluding hydrogens is 282 g/mol. The molecule has 1 fully saturated rings. The molecule has 0 unspecified atom stereocenters. The van der Waals surface area contributed by atoms with Crippen molar-refractivity contribution < 1.29 is 0 Å². The van der Waals surface area contributed by atoms with E-state index in [-0.39, 0.29) is 0 Å². The molecule has 0 amide bonds. The summed E-state index contributed by atoms with van der Waals surface area (Å²) in [4.78, 5) is 11.7. The predicted molar refractivity (Wildman–Crippen MR) is 96.8 cm³/mol. The average molecular weight is 307 g/mol. The number of hydrogen-bond acceptors (Lipinski definition) is 3. The second-order valence-corrected chi connectivity index (χ2v) is 5.58. The highest BCUT2D eigenvalue weighted by atomic mass is 14.7. The molecule has 1 saturated carbocycles. The number of aliphatic imine (C=N–C) groups is 1. The van der Waals surface area contributed by atoms with E-state index in [4.69, 9.17) is 0 Å². The Bertz CT molecular complexity index is 521. The zero-order valence-electron chi connectivity index (χ0n) is 13.6. The molecule has 120 valence electrons. The Kier molecular flexibility index (Phi) is 8.39. The van der Waals surface area contributed by atoms with Gasteiger partial charge in [0.15, 0.2) is 0 Å². The molecule has 2 aromatic rings. The topological polar surface area (TPSA) is 38.1 Å². The number of hydrogen-bond donors (Lipinski definition) is 0. The Morgan fingerprint density at radius 3 is 1.91 bits per heavy atom. The lowest BCUT2D eigenvalue weighted by Crippen LogP contribution is -2.03. The van der Waals surface area contributed by atoms with Crippen LogP contribution in [-0.4, -0.2) is 22.7 Å². The van der Waals surface area contributed by atoms with Gasteiger partial charge in [-0.25, -0.2) is 0 Å². The highest BCUT2D eigenvalue weighted by Crippen LogP contribution is 2.31. The first-order valence-electron chi connectivity index (χ1n) is 8.36. The van der Waals surface area contributed by atoms with Gasteiger partial charge in [0.05, 0.1) is 6.54 Å². The molecule has 0 bridgehead atoms. The van der Waals surface area contributed by atoms with E-state index < -0.39 is 0 Å². The van der Waals surface area contributed by atoms with E-state index in [1.54, 1.807) is 18.6 Å². The first kappa shape index (κ1) is 17.1. The van der Waals surface area contributed by atoms with Crippen molar-refractivity contribution in [3.8, 4) is 0 Å². The number of nitrogens with zero attached hydrogens (tertiary/aromatic N) is 3. The maximum Gasteiger partial charge on any atom is 0.0573 e. The lowest BCUT2D eigenvalue weighted by Gasteiger charge is -2.21. The molecule has 0 atom stereocenters. The van der Waals surface area contributed by atoms with Crippen molar-refractivity contribution in [2.45, 2.75) is 38.0 Å². The van der Waals surface area contributed by atoms with E-state index in [0.29, 0.717) is 0 Å². The Hall–Kier alpha value is -2.29. The Balaban J connectivity index is 0.000000145. The standard InChI is InChI=1S/C11H15N.C5H5N.C4H5N/c1-2-4-10(5-3-1)11-6-8-12-9-7-11;1-2-4-6-5-3-1;1-2-4-5-3-1/h6-10H,1-5H2;1-5H;1-3H,4H2. The highest BCUT2D eigenvalue weighted by Gasteiger charge is 2.14. The smallest absolute Gasteiger partial charge is 0.0573 e. The molecule has 3 nitrogen and oxygen atoms in total. The Labute approximate surface area is 139 Å². The van der Waals surface area contributed by atoms with E-state index in [0.717, 1.165) is 12.5 Å². The molecule has 3 heterocycles. The van der Waals surface area contributed by atoms with Crippen LogP contribution >= 0.6 is 0 Å². The molecule has 1 aliphatic carbocycles. The van der Waals surface area contributed by atoms with Gasteiger partial charge < -0.3 is 0 Å². The molecule has 2 aliphatic rings. The summed E-state index contributed by atoms with van der Waals surface area (Å²) >= 11 is 0. The first-order valence-corrected chi connectivity index (χ1v) is 8.36. The maximum atomic E-state index is 4.04. The quantitative estimate of drug-likeness (QED) is 0.756. The lowest BCUT2D eigenvalue weighted by atomic mass is 9.85. The SMILES string of the molecule is C1=CCN=C1.c1cc(C2CCCCC2)ccn1.c1ccncc1. The molecule has 0 saturated heterocycles. The van der Waals surface area contributed by atoms with Gasteiger partial charge in [-0.15, -0.1) is 0 Å². The molecule has 0 spiro atoms. The van der Waals surface area contributed by atoms with Crippen LogP contribution < -0.4 is 0 Å². The van der Waals surface area contributed by atoms with Crippen LogP contribution in [0.25, 0.3) is 0 Å². The van der Waals surface area contributed by atoms with Gasteiger partial charge >= 0.3 is 0 Å². The van der Waals surface area contributed by atoms with Crippen molar-refractivity contribution in [3.05, 3.63) is 72.8 Å². The molecule has 0 radical (unpaired) electrons. The Morgan fingerprint density at radius 1 is 0.783 bits per heavy atom. The zero-order chi connectivity index (χ0) is 16.0. The van der Waals surface area contributed by atoms with E-state index in [1.165, 1.54) is 37.7 Å². The number of allylic oxidation sites excluding steroid dienone is 1. The first-order chi connectivity index (χ1) is 11.5. The van der Waals surface area contributed by atoms with Gasteiger partial charge in [-0.2, -0.15) is 0 Å². The largest absolute Gasteiger partial charge is 0.289 e. The minimum Gasteiger partial charge on any atom is -0.289 e. The fourth-order valence-electron chi connectivity index (χ4n) is 2.69. The van der Waals surface area contributed by atoms with Crippen molar-refractivity contribution in [2.24, 2.45) is 4.99 Å². The van der Waals surface area contributed by atoms with Crippen molar-refractivity contribution in [1.29, 1.82) is 0 Å². The van der Waals surface area contributed by atoms with Crippen LogP contribution in [0.4, 0.5) is 0 Å². The van der Waals surface area contributed by atoms with Crippen LogP contribution in [0.2, 0.25) is 0 Å². The highest BCUT2D eigenvalue weighted by molar-refractivity contribution is 5.73. The van der Waals surface area contributed by atoms with E-state index in [1.807, 2.05) is 42.7 Å². The van der Waals surface area contributed by atoms with E-state index in [9.17, 15) is 0 Å². The van der Waals surface area contributed by atoms with Crippen LogP contribution in [-0.2, 0) is 0 Å². The van der Waals surface area contributed by atoms with Gasteiger partial charge in [0.1, 0.15) is 0 Å². The molecule has 2 aromatic heterocycles. The third-order valence-corrected chi connectivity index (χ3v) is 3.89. The molecule has 1 aliphatic heterocycles. The molecule has 0 N–H and O–H groups in total. The van der Waals surface area contributed by atoms with Crippen molar-refractivity contribution >= 4 is 6.21 Å². The van der Waals surface area contributed by atoms with Crippen LogP contribution in [0.1, 0.15) is 43.6 Å². The molecule has 4 rings (SSSR count). The summed E-state index contributed by atoms with van der Waals surface area (Å²) in [5.74, 6) is 0.821. The van der Waals surface area contributed by atoms with E-state index >= 15 is 0 Å². The Morgan fingerprint density at radius 2 is 1.48 bits per heavy atom. The summed E-state index contributed by atoms with van der Waals surface area (Å²) in [5, 5.41) is 0. The predicted octanol–water partition coefficient (Wildman–Crippen LogP) is 4.84. The third kappa shape index (κ3) is 7.50. The van der Waals surface area contributed by atoms with Gasteiger partial charge in [-0.05, 0) is 54.7 Å². The van der Waals surface area contributed by atoms with Gasteiger partial charge in [0.2, 0.25) is 0 Å². The van der Waals surface area contributed by atoms with Crippen LogP contribution in [0.3, 0.4) is 0 Å². The van der Waals surface area contributed by atoms with Crippen molar-refractivity contribution in [2.75, 3.05) is 6.54 Å². The lowest BCUT2D eigenvalue weighted by molar-refractivity contribution is 0.443. The van der Waals surface area contributed by atoms with Crippen LogP contribution in [0.5, 0.6) is 0 Å².